The highest BCUT2D eigenvalue weighted by Gasteiger charge is 2.02. The lowest BCUT2D eigenvalue weighted by molar-refractivity contribution is 0.578. The van der Waals surface area contributed by atoms with E-state index in [9.17, 15) is 0 Å². The van der Waals surface area contributed by atoms with Gasteiger partial charge in [-0.3, -0.25) is 9.36 Å². The van der Waals surface area contributed by atoms with Gasteiger partial charge in [-0.25, -0.2) is 0 Å². The van der Waals surface area contributed by atoms with Crippen molar-refractivity contribution in [3.8, 4) is 0 Å². The number of anilines is 1. The van der Waals surface area contributed by atoms with Gasteiger partial charge >= 0.3 is 0 Å². The van der Waals surface area contributed by atoms with Crippen LogP contribution in [0.15, 0.2) is 24.7 Å². The lowest BCUT2D eigenvalue weighted by atomic mass is 10.4. The maximum absolute atomic E-state index is 4.31. The minimum absolute atomic E-state index is 0. The summed E-state index contributed by atoms with van der Waals surface area (Å²) in [4.78, 5) is 0. The first-order valence-electron chi connectivity index (χ1n) is 6.60. The largest absolute Gasteiger partial charge is 0.377 e. The lowest BCUT2D eigenvalue weighted by Crippen LogP contribution is -2.08. The number of rotatable bonds is 7. The average Bonchev–Trinajstić information content (AvgIpc) is 2.97. The maximum Gasteiger partial charge on any atom is 0.0729 e. The van der Waals surface area contributed by atoms with Crippen molar-refractivity contribution in [1.82, 2.24) is 19.6 Å². The average molecular weight is 284 g/mol. The van der Waals surface area contributed by atoms with E-state index in [-0.39, 0.29) is 12.4 Å². The smallest absolute Gasteiger partial charge is 0.0729 e. The lowest BCUT2D eigenvalue weighted by Gasteiger charge is -2.07. The van der Waals surface area contributed by atoms with Crippen LogP contribution in [0.5, 0.6) is 0 Å². The second-order valence-electron chi connectivity index (χ2n) is 4.39. The van der Waals surface area contributed by atoms with Crippen LogP contribution in [-0.2, 0) is 19.6 Å². The first kappa shape index (κ1) is 15.6. The highest BCUT2D eigenvalue weighted by atomic mass is 35.5. The molecule has 5 nitrogen and oxygen atoms in total. The fraction of sp³-hybridized carbons (Fsp3) is 0.538. The van der Waals surface area contributed by atoms with E-state index >= 15 is 0 Å². The number of nitrogens with one attached hydrogen (secondary N) is 1. The predicted molar refractivity (Wildman–Crippen MR) is 79.6 cm³/mol. The molecule has 0 aliphatic carbocycles. The molecule has 0 amide bonds. The van der Waals surface area contributed by atoms with Crippen LogP contribution in [-0.4, -0.2) is 19.6 Å². The third-order valence-electron chi connectivity index (χ3n) is 2.80. The highest BCUT2D eigenvalue weighted by molar-refractivity contribution is 5.85. The second kappa shape index (κ2) is 7.84. The number of nitrogens with zero attached hydrogens (tertiary/aromatic N) is 4. The van der Waals surface area contributed by atoms with Crippen molar-refractivity contribution in [2.24, 2.45) is 0 Å². The molecule has 0 radical (unpaired) electrons. The van der Waals surface area contributed by atoms with Gasteiger partial charge in [-0.05, 0) is 18.9 Å². The third kappa shape index (κ3) is 4.28. The fourth-order valence-corrected chi connectivity index (χ4v) is 1.92. The molecule has 2 aromatic rings. The fourth-order valence-electron chi connectivity index (χ4n) is 1.92. The van der Waals surface area contributed by atoms with Crippen LogP contribution < -0.4 is 5.32 Å². The Balaban J connectivity index is 0.00000180. The van der Waals surface area contributed by atoms with Crippen molar-refractivity contribution in [3.63, 3.8) is 0 Å². The highest BCUT2D eigenvalue weighted by Crippen LogP contribution is 2.08. The summed E-state index contributed by atoms with van der Waals surface area (Å²) in [6, 6.07) is 2.05. The molecule has 1 N–H and O–H groups in total. The summed E-state index contributed by atoms with van der Waals surface area (Å²) in [6.07, 6.45) is 7.97. The molecule has 0 unspecified atom stereocenters. The van der Waals surface area contributed by atoms with Crippen molar-refractivity contribution >= 4 is 18.1 Å². The summed E-state index contributed by atoms with van der Waals surface area (Å²) in [5.41, 5.74) is 2.27. The number of hydrogen-bond donors (Lipinski definition) is 1. The first-order chi connectivity index (χ1) is 8.83. The summed E-state index contributed by atoms with van der Waals surface area (Å²) in [5.74, 6) is 0. The Morgan fingerprint density at radius 1 is 1.16 bits per heavy atom. The van der Waals surface area contributed by atoms with E-state index in [0.717, 1.165) is 38.2 Å². The van der Waals surface area contributed by atoms with Gasteiger partial charge in [0.25, 0.3) is 0 Å². The maximum atomic E-state index is 4.31. The van der Waals surface area contributed by atoms with Gasteiger partial charge in [0.1, 0.15) is 0 Å². The van der Waals surface area contributed by atoms with Gasteiger partial charge in [-0.15, -0.1) is 12.4 Å². The van der Waals surface area contributed by atoms with Crippen molar-refractivity contribution in [2.75, 3.05) is 5.32 Å². The molecule has 19 heavy (non-hydrogen) atoms. The Bertz CT molecular complexity index is 477. The van der Waals surface area contributed by atoms with E-state index in [1.807, 2.05) is 28.0 Å². The molecule has 0 saturated carbocycles. The molecule has 0 aliphatic rings. The summed E-state index contributed by atoms with van der Waals surface area (Å²) in [5, 5.41) is 12.0. The molecule has 0 fully saturated rings. The second-order valence-corrected chi connectivity index (χ2v) is 4.39. The van der Waals surface area contributed by atoms with E-state index in [1.54, 1.807) is 0 Å². The van der Waals surface area contributed by atoms with Crippen molar-refractivity contribution in [3.05, 3.63) is 30.4 Å². The standard InChI is InChI=1S/C13H21N5.ClH/c1-3-7-17-11-12(9-16-17)14-10-13-5-6-15-18(13)8-4-2;/h5-6,9,11,14H,3-4,7-8,10H2,1-2H3;1H. The van der Waals surface area contributed by atoms with Gasteiger partial charge in [0, 0.05) is 25.5 Å². The molecule has 0 bridgehead atoms. The van der Waals surface area contributed by atoms with Gasteiger partial charge < -0.3 is 5.32 Å². The molecule has 2 rings (SSSR count). The molecule has 0 saturated heterocycles. The molecular formula is C13H22ClN5. The molecule has 106 valence electrons. The van der Waals surface area contributed by atoms with Crippen LogP contribution in [0.1, 0.15) is 32.4 Å². The first-order valence-corrected chi connectivity index (χ1v) is 6.60. The number of halogens is 1. The monoisotopic (exact) mass is 283 g/mol. The quantitative estimate of drug-likeness (QED) is 0.850. The Morgan fingerprint density at radius 3 is 2.68 bits per heavy atom. The van der Waals surface area contributed by atoms with Gasteiger partial charge in [0.05, 0.1) is 24.1 Å². The van der Waals surface area contributed by atoms with Gasteiger partial charge in [-0.1, -0.05) is 13.8 Å². The number of aryl methyl sites for hydroxylation is 2. The molecule has 0 aromatic carbocycles. The summed E-state index contributed by atoms with van der Waals surface area (Å²) in [6.45, 7) is 7.04. The number of aromatic nitrogens is 4. The molecular weight excluding hydrogens is 262 g/mol. The van der Waals surface area contributed by atoms with Crippen molar-refractivity contribution in [1.29, 1.82) is 0 Å². The van der Waals surface area contributed by atoms with Crippen LogP contribution in [0.3, 0.4) is 0 Å². The zero-order chi connectivity index (χ0) is 12.8. The van der Waals surface area contributed by atoms with Crippen molar-refractivity contribution < 1.29 is 0 Å². The van der Waals surface area contributed by atoms with E-state index in [1.165, 1.54) is 5.69 Å². The van der Waals surface area contributed by atoms with Crippen LogP contribution in [0.2, 0.25) is 0 Å². The Morgan fingerprint density at radius 2 is 1.95 bits per heavy atom. The predicted octanol–water partition coefficient (Wildman–Crippen LogP) is 2.93. The van der Waals surface area contributed by atoms with E-state index < -0.39 is 0 Å². The van der Waals surface area contributed by atoms with E-state index in [4.69, 9.17) is 0 Å². The molecule has 2 heterocycles. The summed E-state index contributed by atoms with van der Waals surface area (Å²) >= 11 is 0. The SMILES string of the molecule is CCCn1cc(NCc2ccnn2CCC)cn1.Cl. The zero-order valence-electron chi connectivity index (χ0n) is 11.5. The van der Waals surface area contributed by atoms with Crippen LogP contribution in [0.4, 0.5) is 5.69 Å². The molecule has 0 spiro atoms. The van der Waals surface area contributed by atoms with E-state index in [0.29, 0.717) is 0 Å². The Kier molecular flexibility index (Phi) is 6.42. The molecule has 6 heteroatoms. The topological polar surface area (TPSA) is 47.7 Å². The zero-order valence-corrected chi connectivity index (χ0v) is 12.4. The number of hydrogen-bond acceptors (Lipinski definition) is 3. The Hall–Kier alpha value is -1.49. The normalized spacial score (nSPS) is 10.2. The van der Waals surface area contributed by atoms with Crippen molar-refractivity contribution in [2.45, 2.75) is 46.3 Å². The van der Waals surface area contributed by atoms with Crippen LogP contribution >= 0.6 is 12.4 Å². The minimum atomic E-state index is 0. The van der Waals surface area contributed by atoms with Crippen LogP contribution in [0, 0.1) is 0 Å². The summed E-state index contributed by atoms with van der Waals surface area (Å²) < 4.78 is 4.01. The third-order valence-corrected chi connectivity index (χ3v) is 2.80. The van der Waals surface area contributed by atoms with Gasteiger partial charge in [-0.2, -0.15) is 10.2 Å². The van der Waals surface area contributed by atoms with E-state index in [2.05, 4.69) is 35.4 Å². The molecule has 0 atom stereocenters. The Labute approximate surface area is 120 Å². The minimum Gasteiger partial charge on any atom is -0.377 e. The molecule has 2 aromatic heterocycles. The van der Waals surface area contributed by atoms with Crippen LogP contribution in [0.25, 0.3) is 0 Å². The van der Waals surface area contributed by atoms with Gasteiger partial charge in [0.15, 0.2) is 0 Å². The summed E-state index contributed by atoms with van der Waals surface area (Å²) in [7, 11) is 0. The molecule has 0 aliphatic heterocycles. The van der Waals surface area contributed by atoms with Gasteiger partial charge in [0.2, 0.25) is 0 Å².